The molecule has 0 saturated carbocycles. The number of anilines is 1. The summed E-state index contributed by atoms with van der Waals surface area (Å²) in [5.41, 5.74) is 2.79. The van der Waals surface area contributed by atoms with E-state index < -0.39 is 0 Å². The number of hydrogen-bond donors (Lipinski definition) is 1. The number of nitrogens with one attached hydrogen (secondary N) is 1. The van der Waals surface area contributed by atoms with Gasteiger partial charge in [-0.15, -0.1) is 0 Å². The van der Waals surface area contributed by atoms with E-state index in [2.05, 4.69) is 21.5 Å². The maximum Gasteiger partial charge on any atom is 0.259 e. The van der Waals surface area contributed by atoms with E-state index in [0.717, 1.165) is 5.56 Å². The second-order valence-corrected chi connectivity index (χ2v) is 5.23. The van der Waals surface area contributed by atoms with Gasteiger partial charge in [-0.3, -0.25) is 4.79 Å². The van der Waals surface area contributed by atoms with Crippen molar-refractivity contribution in [3.05, 3.63) is 71.7 Å². The predicted molar refractivity (Wildman–Crippen MR) is 89.8 cm³/mol. The summed E-state index contributed by atoms with van der Waals surface area (Å²) in [5.74, 6) is 0.428. The molecule has 3 rings (SSSR count). The zero-order chi connectivity index (χ0) is 16.9. The number of benzene rings is 1. The van der Waals surface area contributed by atoms with Crippen LogP contribution in [0.1, 0.15) is 21.6 Å². The van der Waals surface area contributed by atoms with Crippen LogP contribution >= 0.6 is 0 Å². The van der Waals surface area contributed by atoms with Gasteiger partial charge in [-0.2, -0.15) is 10.4 Å². The van der Waals surface area contributed by atoms with E-state index >= 15 is 0 Å². The van der Waals surface area contributed by atoms with Gasteiger partial charge in [0.1, 0.15) is 0 Å². The second-order valence-electron chi connectivity index (χ2n) is 5.23. The first-order chi connectivity index (χ1) is 11.7. The fraction of sp³-hybridized carbons (Fsp3) is 0.111. The molecule has 3 aromatic rings. The Hall–Kier alpha value is -3.46. The lowest BCUT2D eigenvalue weighted by atomic mass is 10.1. The Labute approximate surface area is 139 Å². The summed E-state index contributed by atoms with van der Waals surface area (Å²) in [6.45, 7) is 1.83. The summed E-state index contributed by atoms with van der Waals surface area (Å²) < 4.78 is 1.63. The third-order valence-electron chi connectivity index (χ3n) is 3.62. The molecule has 6 heteroatoms. The molecule has 0 aliphatic carbocycles. The first-order valence-corrected chi connectivity index (χ1v) is 7.42. The molecule has 2 aromatic heterocycles. The molecule has 0 aliphatic heterocycles. The summed E-state index contributed by atoms with van der Waals surface area (Å²) in [4.78, 5) is 16.7. The maximum atomic E-state index is 12.5. The SMILES string of the molecule is Cc1c(C(=O)Nc2ccc(CC#N)cc2)cnn1-c1ccccn1. The monoisotopic (exact) mass is 317 g/mol. The van der Waals surface area contributed by atoms with Gasteiger partial charge in [0.15, 0.2) is 5.82 Å². The number of amides is 1. The van der Waals surface area contributed by atoms with Crippen molar-refractivity contribution in [2.75, 3.05) is 5.32 Å². The highest BCUT2D eigenvalue weighted by molar-refractivity contribution is 6.04. The van der Waals surface area contributed by atoms with Crippen LogP contribution in [0.15, 0.2) is 54.9 Å². The lowest BCUT2D eigenvalue weighted by Crippen LogP contribution is -2.13. The number of carbonyl (C=O) groups is 1. The van der Waals surface area contributed by atoms with Crippen molar-refractivity contribution in [1.82, 2.24) is 14.8 Å². The second kappa shape index (κ2) is 6.75. The van der Waals surface area contributed by atoms with Crippen LogP contribution < -0.4 is 5.32 Å². The quantitative estimate of drug-likeness (QED) is 0.802. The van der Waals surface area contributed by atoms with Gasteiger partial charge in [0.05, 0.1) is 29.9 Å². The topological polar surface area (TPSA) is 83.6 Å². The first-order valence-electron chi connectivity index (χ1n) is 7.42. The highest BCUT2D eigenvalue weighted by atomic mass is 16.1. The van der Waals surface area contributed by atoms with Crippen molar-refractivity contribution in [2.24, 2.45) is 0 Å². The van der Waals surface area contributed by atoms with Crippen molar-refractivity contribution in [3.63, 3.8) is 0 Å². The highest BCUT2D eigenvalue weighted by Crippen LogP contribution is 2.15. The number of pyridine rings is 1. The Morgan fingerprint density at radius 2 is 2.04 bits per heavy atom. The Balaban J connectivity index is 1.79. The number of aromatic nitrogens is 3. The van der Waals surface area contributed by atoms with Crippen LogP contribution in [0, 0.1) is 18.3 Å². The van der Waals surface area contributed by atoms with Gasteiger partial charge in [-0.1, -0.05) is 18.2 Å². The molecule has 0 saturated heterocycles. The number of nitrogens with zero attached hydrogens (tertiary/aromatic N) is 4. The minimum atomic E-state index is -0.234. The van der Waals surface area contributed by atoms with E-state index in [4.69, 9.17) is 5.26 Å². The molecule has 1 N–H and O–H groups in total. The molecular formula is C18H15N5O. The summed E-state index contributed by atoms with van der Waals surface area (Å²) in [6.07, 6.45) is 3.56. The molecule has 6 nitrogen and oxygen atoms in total. The van der Waals surface area contributed by atoms with Crippen molar-refractivity contribution in [2.45, 2.75) is 13.3 Å². The maximum absolute atomic E-state index is 12.5. The van der Waals surface area contributed by atoms with Gasteiger partial charge in [0.2, 0.25) is 0 Å². The molecule has 0 bridgehead atoms. The average molecular weight is 317 g/mol. The summed E-state index contributed by atoms with van der Waals surface area (Å²) in [7, 11) is 0. The fourth-order valence-corrected chi connectivity index (χ4v) is 2.34. The van der Waals surface area contributed by atoms with Gasteiger partial charge < -0.3 is 5.32 Å². The first kappa shape index (κ1) is 15.4. The van der Waals surface area contributed by atoms with Gasteiger partial charge in [-0.25, -0.2) is 9.67 Å². The van der Waals surface area contributed by atoms with E-state index in [9.17, 15) is 4.79 Å². The van der Waals surface area contributed by atoms with Crippen LogP contribution in [0.25, 0.3) is 5.82 Å². The lowest BCUT2D eigenvalue weighted by molar-refractivity contribution is 0.102. The zero-order valence-electron chi connectivity index (χ0n) is 13.1. The number of carbonyl (C=O) groups excluding carboxylic acids is 1. The van der Waals surface area contributed by atoms with Crippen molar-refractivity contribution >= 4 is 11.6 Å². The summed E-state index contributed by atoms with van der Waals surface area (Å²) in [6, 6.07) is 14.8. The van der Waals surface area contributed by atoms with Crippen LogP contribution in [0.2, 0.25) is 0 Å². The van der Waals surface area contributed by atoms with Crippen LogP contribution in [0.3, 0.4) is 0 Å². The molecule has 24 heavy (non-hydrogen) atoms. The zero-order valence-corrected chi connectivity index (χ0v) is 13.1. The normalized spacial score (nSPS) is 10.2. The molecule has 2 heterocycles. The molecule has 0 unspecified atom stereocenters. The van der Waals surface area contributed by atoms with Crippen LogP contribution in [-0.4, -0.2) is 20.7 Å². The van der Waals surface area contributed by atoms with Crippen molar-refractivity contribution < 1.29 is 4.79 Å². The molecule has 0 spiro atoms. The molecule has 0 aliphatic rings. The molecule has 1 amide bonds. The van der Waals surface area contributed by atoms with Crippen molar-refractivity contribution in [3.8, 4) is 11.9 Å². The minimum absolute atomic E-state index is 0.234. The minimum Gasteiger partial charge on any atom is -0.322 e. The summed E-state index contributed by atoms with van der Waals surface area (Å²) in [5, 5.41) is 15.8. The van der Waals surface area contributed by atoms with Crippen LogP contribution in [-0.2, 0) is 6.42 Å². The Bertz CT molecular complexity index is 891. The lowest BCUT2D eigenvalue weighted by Gasteiger charge is -2.06. The smallest absolute Gasteiger partial charge is 0.259 e. The van der Waals surface area contributed by atoms with Gasteiger partial charge in [-0.05, 0) is 36.8 Å². The Morgan fingerprint density at radius 3 is 2.71 bits per heavy atom. The Kier molecular flexibility index (Phi) is 4.34. The van der Waals surface area contributed by atoms with Crippen LogP contribution in [0.5, 0.6) is 0 Å². The number of hydrogen-bond acceptors (Lipinski definition) is 4. The van der Waals surface area contributed by atoms with E-state index in [1.54, 1.807) is 23.0 Å². The number of nitriles is 1. The van der Waals surface area contributed by atoms with E-state index in [0.29, 0.717) is 29.2 Å². The molecule has 0 fully saturated rings. The van der Waals surface area contributed by atoms with Crippen LogP contribution in [0.4, 0.5) is 5.69 Å². The summed E-state index contributed by atoms with van der Waals surface area (Å²) >= 11 is 0. The number of rotatable bonds is 4. The standard InChI is InChI=1S/C18H15N5O/c1-13-16(12-21-23(13)17-4-2-3-11-20-17)18(24)22-15-7-5-14(6-8-15)9-10-19/h2-8,11-12H,9H2,1H3,(H,22,24). The predicted octanol–water partition coefficient (Wildman–Crippen LogP) is 2.89. The molecule has 1 aromatic carbocycles. The molecular weight excluding hydrogens is 302 g/mol. The molecule has 0 radical (unpaired) electrons. The van der Waals surface area contributed by atoms with E-state index in [1.807, 2.05) is 37.3 Å². The van der Waals surface area contributed by atoms with Crippen molar-refractivity contribution in [1.29, 1.82) is 5.26 Å². The molecule has 0 atom stereocenters. The average Bonchev–Trinajstić information content (AvgIpc) is 2.99. The third-order valence-corrected chi connectivity index (χ3v) is 3.62. The van der Waals surface area contributed by atoms with Gasteiger partial charge in [0.25, 0.3) is 5.91 Å². The fourth-order valence-electron chi connectivity index (χ4n) is 2.34. The molecule has 118 valence electrons. The van der Waals surface area contributed by atoms with Gasteiger partial charge >= 0.3 is 0 Å². The third kappa shape index (κ3) is 3.15. The Morgan fingerprint density at radius 1 is 1.25 bits per heavy atom. The largest absolute Gasteiger partial charge is 0.322 e. The van der Waals surface area contributed by atoms with Gasteiger partial charge in [0, 0.05) is 11.9 Å². The highest BCUT2D eigenvalue weighted by Gasteiger charge is 2.15. The van der Waals surface area contributed by atoms with E-state index in [1.165, 1.54) is 6.20 Å². The van der Waals surface area contributed by atoms with E-state index in [-0.39, 0.29) is 5.91 Å².